The third-order valence-corrected chi connectivity index (χ3v) is 2.49. The van der Waals surface area contributed by atoms with E-state index in [-0.39, 0.29) is 24.0 Å². The molecular weight excluding hydrogens is 239 g/mol. The van der Waals surface area contributed by atoms with Gasteiger partial charge in [0.25, 0.3) is 0 Å². The van der Waals surface area contributed by atoms with Crippen LogP contribution in [0.5, 0.6) is 11.5 Å². The third kappa shape index (κ3) is 2.61. The first-order valence-corrected chi connectivity index (χ1v) is 5.56. The van der Waals surface area contributed by atoms with Crippen molar-refractivity contribution < 1.29 is 18.7 Å². The lowest BCUT2D eigenvalue weighted by atomic mass is 10.2. The summed E-state index contributed by atoms with van der Waals surface area (Å²) in [6.45, 7) is 1.34. The zero-order chi connectivity index (χ0) is 13.1. The van der Waals surface area contributed by atoms with E-state index in [1.807, 2.05) is 0 Å². The molecular formula is C13H13FO4. The van der Waals surface area contributed by atoms with Gasteiger partial charge in [0.15, 0.2) is 11.5 Å². The number of aromatic hydroxyl groups is 1. The molecule has 0 aliphatic carbocycles. The Balaban J connectivity index is 2.33. The second kappa shape index (κ2) is 5.08. The average Bonchev–Trinajstić information content (AvgIpc) is 2.36. The molecule has 0 saturated carbocycles. The summed E-state index contributed by atoms with van der Waals surface area (Å²) in [7, 11) is 0. The molecule has 1 N–H and O–H groups in total. The Bertz CT molecular complexity index is 605. The summed E-state index contributed by atoms with van der Waals surface area (Å²) in [5, 5.41) is 10.3. The molecule has 0 amide bonds. The van der Waals surface area contributed by atoms with Gasteiger partial charge in [-0.15, -0.1) is 0 Å². The summed E-state index contributed by atoms with van der Waals surface area (Å²) in [4.78, 5) is 11.1. The van der Waals surface area contributed by atoms with E-state index in [4.69, 9.17) is 9.15 Å². The van der Waals surface area contributed by atoms with Gasteiger partial charge in [-0.3, -0.25) is 4.39 Å². The lowest BCUT2D eigenvalue weighted by molar-refractivity contribution is 0.222. The van der Waals surface area contributed by atoms with Crippen LogP contribution in [0.15, 0.2) is 33.5 Å². The SMILES string of the molecule is CC(CF)COc1cc2oc(=O)ccc2cc1O. The first-order valence-electron chi connectivity index (χ1n) is 5.56. The van der Waals surface area contributed by atoms with E-state index in [2.05, 4.69) is 0 Å². The highest BCUT2D eigenvalue weighted by atomic mass is 19.1. The van der Waals surface area contributed by atoms with Gasteiger partial charge in [0.2, 0.25) is 0 Å². The van der Waals surface area contributed by atoms with Crippen LogP contribution in [0.25, 0.3) is 11.0 Å². The van der Waals surface area contributed by atoms with Crippen LogP contribution in [-0.4, -0.2) is 18.4 Å². The molecule has 0 spiro atoms. The molecule has 2 aromatic rings. The third-order valence-electron chi connectivity index (χ3n) is 2.49. The number of halogens is 1. The number of fused-ring (bicyclic) bond motifs is 1. The van der Waals surface area contributed by atoms with Crippen molar-refractivity contribution in [3.63, 3.8) is 0 Å². The minimum atomic E-state index is -0.497. The average molecular weight is 252 g/mol. The van der Waals surface area contributed by atoms with Crippen molar-refractivity contribution in [3.05, 3.63) is 34.7 Å². The molecule has 96 valence electrons. The van der Waals surface area contributed by atoms with E-state index in [0.717, 1.165) is 0 Å². The van der Waals surface area contributed by atoms with E-state index in [9.17, 15) is 14.3 Å². The van der Waals surface area contributed by atoms with Crippen LogP contribution in [0.2, 0.25) is 0 Å². The number of ether oxygens (including phenoxy) is 1. The highest BCUT2D eigenvalue weighted by molar-refractivity contribution is 5.80. The van der Waals surface area contributed by atoms with E-state index < -0.39 is 12.3 Å². The summed E-state index contributed by atoms with van der Waals surface area (Å²) in [5.41, 5.74) is -0.153. The van der Waals surface area contributed by atoms with Crippen LogP contribution in [-0.2, 0) is 0 Å². The van der Waals surface area contributed by atoms with Gasteiger partial charge >= 0.3 is 5.63 Å². The predicted molar refractivity (Wildman–Crippen MR) is 64.8 cm³/mol. The molecule has 0 aliphatic heterocycles. The van der Waals surface area contributed by atoms with Crippen molar-refractivity contribution in [2.75, 3.05) is 13.3 Å². The topological polar surface area (TPSA) is 59.7 Å². The second-order valence-electron chi connectivity index (χ2n) is 4.18. The summed E-state index contributed by atoms with van der Waals surface area (Å²) in [5.74, 6) is -0.151. The molecule has 0 fully saturated rings. The van der Waals surface area contributed by atoms with Gasteiger partial charge in [0.1, 0.15) is 5.58 Å². The molecule has 0 saturated heterocycles. The lowest BCUT2D eigenvalue weighted by Gasteiger charge is -2.11. The maximum Gasteiger partial charge on any atom is 0.336 e. The maximum atomic E-state index is 12.3. The Hall–Kier alpha value is -2.04. The Morgan fingerprint density at radius 3 is 2.94 bits per heavy atom. The molecule has 0 radical (unpaired) electrons. The van der Waals surface area contributed by atoms with Crippen LogP contribution in [0, 0.1) is 5.92 Å². The lowest BCUT2D eigenvalue weighted by Crippen LogP contribution is -2.10. The van der Waals surface area contributed by atoms with Crippen molar-refractivity contribution in [2.24, 2.45) is 5.92 Å². The standard InChI is InChI=1S/C13H13FO4/c1-8(6-14)7-17-12-5-11-9(4-10(12)15)2-3-13(16)18-11/h2-5,8,15H,6-7H2,1H3. The highest BCUT2D eigenvalue weighted by Crippen LogP contribution is 2.31. The minimum Gasteiger partial charge on any atom is -0.504 e. The van der Waals surface area contributed by atoms with Crippen LogP contribution in [0.1, 0.15) is 6.92 Å². The maximum absolute atomic E-state index is 12.3. The quantitative estimate of drug-likeness (QED) is 0.849. The summed E-state index contributed by atoms with van der Waals surface area (Å²) >= 11 is 0. The van der Waals surface area contributed by atoms with Gasteiger partial charge in [-0.2, -0.15) is 0 Å². The normalized spacial score (nSPS) is 12.6. The van der Waals surface area contributed by atoms with E-state index in [1.54, 1.807) is 13.0 Å². The summed E-state index contributed by atoms with van der Waals surface area (Å²) < 4.78 is 22.5. The zero-order valence-corrected chi connectivity index (χ0v) is 9.85. The van der Waals surface area contributed by atoms with Crippen molar-refractivity contribution >= 4 is 11.0 Å². The van der Waals surface area contributed by atoms with Gasteiger partial charge < -0.3 is 14.3 Å². The number of alkyl halides is 1. The van der Waals surface area contributed by atoms with Gasteiger partial charge in [-0.1, -0.05) is 6.92 Å². The predicted octanol–water partition coefficient (Wildman–Crippen LogP) is 2.48. The molecule has 0 bridgehead atoms. The van der Waals surface area contributed by atoms with Crippen LogP contribution in [0.4, 0.5) is 4.39 Å². The smallest absolute Gasteiger partial charge is 0.336 e. The molecule has 1 heterocycles. The molecule has 4 nitrogen and oxygen atoms in total. The Kier molecular flexibility index (Phi) is 3.50. The second-order valence-corrected chi connectivity index (χ2v) is 4.18. The summed E-state index contributed by atoms with van der Waals surface area (Å²) in [6, 6.07) is 5.69. The molecule has 1 unspecified atom stereocenters. The van der Waals surface area contributed by atoms with Crippen molar-refractivity contribution in [1.29, 1.82) is 0 Å². The fourth-order valence-electron chi connectivity index (χ4n) is 1.48. The van der Waals surface area contributed by atoms with Crippen molar-refractivity contribution in [2.45, 2.75) is 6.92 Å². The van der Waals surface area contributed by atoms with E-state index in [1.165, 1.54) is 18.2 Å². The number of phenolic OH excluding ortho intramolecular Hbond substituents is 1. The Labute approximate surface area is 103 Å². The molecule has 5 heteroatoms. The zero-order valence-electron chi connectivity index (χ0n) is 9.85. The molecule has 2 rings (SSSR count). The minimum absolute atomic E-state index is 0.0672. The molecule has 18 heavy (non-hydrogen) atoms. The van der Waals surface area contributed by atoms with Crippen LogP contribution < -0.4 is 10.4 Å². The first-order chi connectivity index (χ1) is 8.60. The summed E-state index contributed by atoms with van der Waals surface area (Å²) in [6.07, 6.45) is 0. The van der Waals surface area contributed by atoms with Gasteiger partial charge in [0, 0.05) is 23.4 Å². The van der Waals surface area contributed by atoms with Gasteiger partial charge in [0.05, 0.1) is 13.3 Å². The van der Waals surface area contributed by atoms with Crippen molar-refractivity contribution in [3.8, 4) is 11.5 Å². The first kappa shape index (κ1) is 12.4. The molecule has 1 aromatic carbocycles. The number of benzene rings is 1. The van der Waals surface area contributed by atoms with Gasteiger partial charge in [-0.05, 0) is 12.1 Å². The van der Waals surface area contributed by atoms with Crippen molar-refractivity contribution in [1.82, 2.24) is 0 Å². The van der Waals surface area contributed by atoms with Crippen LogP contribution in [0.3, 0.4) is 0 Å². The Morgan fingerprint density at radius 2 is 2.22 bits per heavy atom. The number of rotatable bonds is 4. The number of phenols is 1. The number of hydrogen-bond donors (Lipinski definition) is 1. The van der Waals surface area contributed by atoms with Crippen LogP contribution >= 0.6 is 0 Å². The van der Waals surface area contributed by atoms with E-state index in [0.29, 0.717) is 11.0 Å². The van der Waals surface area contributed by atoms with E-state index >= 15 is 0 Å². The fraction of sp³-hybridized carbons (Fsp3) is 0.308. The molecule has 1 atom stereocenters. The molecule has 1 aromatic heterocycles. The number of hydrogen-bond acceptors (Lipinski definition) is 4. The fourth-order valence-corrected chi connectivity index (χ4v) is 1.48. The molecule has 0 aliphatic rings. The Morgan fingerprint density at radius 1 is 1.44 bits per heavy atom. The highest BCUT2D eigenvalue weighted by Gasteiger charge is 2.09. The monoisotopic (exact) mass is 252 g/mol. The largest absolute Gasteiger partial charge is 0.504 e. The van der Waals surface area contributed by atoms with Gasteiger partial charge in [-0.25, -0.2) is 4.79 Å².